The maximum Gasteiger partial charge on any atom is 0.221 e. The summed E-state index contributed by atoms with van der Waals surface area (Å²) < 4.78 is 5.70. The Morgan fingerprint density at radius 3 is 2.09 bits per heavy atom. The van der Waals surface area contributed by atoms with E-state index in [9.17, 15) is 9.59 Å². The van der Waals surface area contributed by atoms with E-state index in [4.69, 9.17) is 10.5 Å². The van der Waals surface area contributed by atoms with Gasteiger partial charge in [-0.1, -0.05) is 0 Å². The molecule has 114 valence electrons. The Hall–Kier alpha value is -3.02. The lowest BCUT2D eigenvalue weighted by Crippen LogP contribution is -2.08. The van der Waals surface area contributed by atoms with Crippen LogP contribution in [0.3, 0.4) is 0 Å². The van der Waals surface area contributed by atoms with E-state index in [1.165, 1.54) is 13.8 Å². The summed E-state index contributed by atoms with van der Waals surface area (Å²) in [5.74, 6) is 0.813. The van der Waals surface area contributed by atoms with E-state index >= 15 is 0 Å². The first-order valence-electron chi connectivity index (χ1n) is 6.66. The van der Waals surface area contributed by atoms with Gasteiger partial charge in [-0.2, -0.15) is 0 Å². The molecule has 0 atom stereocenters. The molecule has 0 bridgehead atoms. The van der Waals surface area contributed by atoms with Crippen molar-refractivity contribution in [1.82, 2.24) is 0 Å². The van der Waals surface area contributed by atoms with Crippen molar-refractivity contribution >= 4 is 28.9 Å². The maximum atomic E-state index is 11.1. The lowest BCUT2D eigenvalue weighted by atomic mass is 10.2. The predicted molar refractivity (Wildman–Crippen MR) is 86.0 cm³/mol. The highest BCUT2D eigenvalue weighted by molar-refractivity contribution is 5.92. The summed E-state index contributed by atoms with van der Waals surface area (Å²) in [6, 6.07) is 12.0. The number of nitrogen functional groups attached to an aromatic ring is 1. The second-order valence-electron chi connectivity index (χ2n) is 4.74. The van der Waals surface area contributed by atoms with Crippen LogP contribution in [0, 0.1) is 0 Å². The van der Waals surface area contributed by atoms with E-state index in [2.05, 4.69) is 10.6 Å². The lowest BCUT2D eigenvalue weighted by Gasteiger charge is -2.11. The molecule has 22 heavy (non-hydrogen) atoms. The number of hydrogen-bond acceptors (Lipinski definition) is 4. The molecular weight excluding hydrogens is 282 g/mol. The molecule has 0 aromatic heterocycles. The van der Waals surface area contributed by atoms with Crippen LogP contribution in [0.25, 0.3) is 0 Å². The van der Waals surface area contributed by atoms with Crippen LogP contribution in [0.15, 0.2) is 42.5 Å². The Balaban J connectivity index is 2.13. The maximum absolute atomic E-state index is 11.1. The molecular formula is C16H17N3O3. The van der Waals surface area contributed by atoms with Crippen LogP contribution in [0.2, 0.25) is 0 Å². The van der Waals surface area contributed by atoms with Gasteiger partial charge in [0, 0.05) is 25.6 Å². The summed E-state index contributed by atoms with van der Waals surface area (Å²) in [6.07, 6.45) is 0. The Morgan fingerprint density at radius 1 is 0.909 bits per heavy atom. The summed E-state index contributed by atoms with van der Waals surface area (Å²) in [5.41, 5.74) is 7.44. The van der Waals surface area contributed by atoms with E-state index in [-0.39, 0.29) is 11.8 Å². The van der Waals surface area contributed by atoms with Gasteiger partial charge in [0.2, 0.25) is 11.8 Å². The predicted octanol–water partition coefficient (Wildman–Crippen LogP) is 2.98. The third-order valence-electron chi connectivity index (χ3n) is 2.75. The highest BCUT2D eigenvalue weighted by Crippen LogP contribution is 2.29. The highest BCUT2D eigenvalue weighted by Gasteiger charge is 2.05. The fourth-order valence-corrected chi connectivity index (χ4v) is 1.84. The molecule has 0 radical (unpaired) electrons. The van der Waals surface area contributed by atoms with Crippen molar-refractivity contribution in [3.05, 3.63) is 42.5 Å². The molecule has 0 aliphatic heterocycles. The largest absolute Gasteiger partial charge is 0.457 e. The van der Waals surface area contributed by atoms with Crippen molar-refractivity contribution in [2.24, 2.45) is 0 Å². The number of nitrogens with one attached hydrogen (secondary N) is 2. The van der Waals surface area contributed by atoms with E-state index in [0.717, 1.165) is 0 Å². The monoisotopic (exact) mass is 299 g/mol. The molecule has 0 unspecified atom stereocenters. The van der Waals surface area contributed by atoms with Gasteiger partial charge in [0.15, 0.2) is 0 Å². The average molecular weight is 299 g/mol. The fraction of sp³-hybridized carbons (Fsp3) is 0.125. The van der Waals surface area contributed by atoms with Crippen molar-refractivity contribution < 1.29 is 14.3 Å². The van der Waals surface area contributed by atoms with Gasteiger partial charge in [-0.05, 0) is 36.4 Å². The van der Waals surface area contributed by atoms with Crippen molar-refractivity contribution in [1.29, 1.82) is 0 Å². The SMILES string of the molecule is CC(=O)Nc1ccc(Oc2ccc(N)c(NC(C)=O)c2)cc1. The van der Waals surface area contributed by atoms with Gasteiger partial charge >= 0.3 is 0 Å². The summed E-state index contributed by atoms with van der Waals surface area (Å²) in [7, 11) is 0. The minimum Gasteiger partial charge on any atom is -0.457 e. The van der Waals surface area contributed by atoms with Crippen LogP contribution in [-0.4, -0.2) is 11.8 Å². The second-order valence-corrected chi connectivity index (χ2v) is 4.74. The van der Waals surface area contributed by atoms with Crippen molar-refractivity contribution in [2.75, 3.05) is 16.4 Å². The first kappa shape index (κ1) is 15.4. The minimum absolute atomic E-state index is 0.132. The smallest absolute Gasteiger partial charge is 0.221 e. The number of amides is 2. The van der Waals surface area contributed by atoms with E-state index in [0.29, 0.717) is 28.6 Å². The lowest BCUT2D eigenvalue weighted by molar-refractivity contribution is -0.115. The molecule has 0 aliphatic rings. The Kier molecular flexibility index (Phi) is 4.63. The van der Waals surface area contributed by atoms with E-state index in [1.54, 1.807) is 42.5 Å². The van der Waals surface area contributed by atoms with Gasteiger partial charge in [-0.25, -0.2) is 0 Å². The van der Waals surface area contributed by atoms with Crippen LogP contribution in [0.5, 0.6) is 11.5 Å². The fourth-order valence-electron chi connectivity index (χ4n) is 1.84. The van der Waals surface area contributed by atoms with Crippen molar-refractivity contribution in [2.45, 2.75) is 13.8 Å². The Labute approximate surface area is 128 Å². The van der Waals surface area contributed by atoms with Crippen LogP contribution in [0.1, 0.15) is 13.8 Å². The molecule has 0 heterocycles. The number of carbonyl (C=O) groups is 2. The molecule has 2 amide bonds. The number of ether oxygens (including phenoxy) is 1. The zero-order valence-electron chi connectivity index (χ0n) is 12.3. The van der Waals surface area contributed by atoms with Crippen LogP contribution in [0.4, 0.5) is 17.1 Å². The number of anilines is 3. The van der Waals surface area contributed by atoms with Gasteiger partial charge < -0.3 is 21.1 Å². The van der Waals surface area contributed by atoms with Crippen LogP contribution < -0.4 is 21.1 Å². The Bertz CT molecular complexity index is 696. The first-order valence-corrected chi connectivity index (χ1v) is 6.66. The third kappa shape index (κ3) is 4.24. The zero-order valence-corrected chi connectivity index (χ0v) is 12.3. The minimum atomic E-state index is -0.205. The van der Waals surface area contributed by atoms with Gasteiger partial charge in [-0.3, -0.25) is 9.59 Å². The van der Waals surface area contributed by atoms with Gasteiger partial charge in [0.1, 0.15) is 11.5 Å². The summed E-state index contributed by atoms with van der Waals surface area (Å²) in [6.45, 7) is 2.86. The number of benzene rings is 2. The molecule has 0 aliphatic carbocycles. The summed E-state index contributed by atoms with van der Waals surface area (Å²) in [4.78, 5) is 22.1. The third-order valence-corrected chi connectivity index (χ3v) is 2.75. The Morgan fingerprint density at radius 2 is 1.50 bits per heavy atom. The normalized spacial score (nSPS) is 9.91. The van der Waals surface area contributed by atoms with Gasteiger partial charge in [0.05, 0.1) is 11.4 Å². The number of nitrogens with two attached hydrogens (primary N) is 1. The highest BCUT2D eigenvalue weighted by atomic mass is 16.5. The van der Waals surface area contributed by atoms with Crippen LogP contribution in [-0.2, 0) is 9.59 Å². The van der Waals surface area contributed by atoms with Crippen LogP contribution >= 0.6 is 0 Å². The molecule has 6 heteroatoms. The first-order chi connectivity index (χ1) is 10.4. The van der Waals surface area contributed by atoms with Crippen molar-refractivity contribution in [3.63, 3.8) is 0 Å². The van der Waals surface area contributed by atoms with Crippen molar-refractivity contribution in [3.8, 4) is 11.5 Å². The number of hydrogen-bond donors (Lipinski definition) is 3. The summed E-state index contributed by atoms with van der Waals surface area (Å²) in [5, 5.41) is 5.31. The quantitative estimate of drug-likeness (QED) is 0.757. The average Bonchev–Trinajstić information content (AvgIpc) is 2.43. The van der Waals surface area contributed by atoms with E-state index < -0.39 is 0 Å². The standard InChI is InChI=1S/C16H17N3O3/c1-10(20)18-12-3-5-13(6-4-12)22-14-7-8-15(17)16(9-14)19-11(2)21/h3-9H,17H2,1-2H3,(H,18,20)(H,19,21). The van der Waals surface area contributed by atoms with E-state index in [1.807, 2.05) is 0 Å². The molecule has 0 saturated heterocycles. The number of rotatable bonds is 4. The molecule has 0 saturated carbocycles. The van der Waals surface area contributed by atoms with Gasteiger partial charge in [0.25, 0.3) is 0 Å². The molecule has 0 spiro atoms. The topological polar surface area (TPSA) is 93.4 Å². The molecule has 2 rings (SSSR count). The van der Waals surface area contributed by atoms with Gasteiger partial charge in [-0.15, -0.1) is 0 Å². The molecule has 2 aromatic rings. The second kappa shape index (κ2) is 6.62. The molecule has 6 nitrogen and oxygen atoms in total. The number of carbonyl (C=O) groups excluding carboxylic acids is 2. The molecule has 0 fully saturated rings. The molecule has 4 N–H and O–H groups in total. The zero-order chi connectivity index (χ0) is 16.1. The molecule has 2 aromatic carbocycles. The summed E-state index contributed by atoms with van der Waals surface area (Å²) >= 11 is 0.